The molecule has 5 aromatic carbocycles. The molecule has 7 aromatic rings. The molecule has 0 bridgehead atoms. The van der Waals surface area contributed by atoms with Crippen LogP contribution in [0.3, 0.4) is 0 Å². The number of aryl methyl sites for hydroxylation is 2. The number of fused-ring (bicyclic) bond motifs is 6. The van der Waals surface area contributed by atoms with Crippen molar-refractivity contribution in [3.63, 3.8) is 0 Å². The SMILES string of the molecule is CCCCCCCCCCCCc1c2c(=O)c3cc(C(C)(C)CC)ccc3c2c(CCCCCCCCCCCC)c2c(=O)c3cc(-c4ccc(-c5ccc(C(C)C)s5)s4)ccc3c12. The quantitative estimate of drug-likeness (QED) is 0.0482. The van der Waals surface area contributed by atoms with E-state index in [2.05, 4.69) is 109 Å². The molecule has 0 aliphatic rings. The Bertz CT molecular complexity index is 2670. The van der Waals surface area contributed by atoms with E-state index in [4.69, 9.17) is 0 Å². The smallest absolute Gasteiger partial charge is 0.194 e. The van der Waals surface area contributed by atoms with E-state index in [0.717, 1.165) is 105 Å². The molecule has 0 N–H and O–H groups in total. The maximum absolute atomic E-state index is 15.3. The summed E-state index contributed by atoms with van der Waals surface area (Å²) in [5.74, 6) is 0.517. The average Bonchev–Trinajstić information content (AvgIpc) is 4.10. The van der Waals surface area contributed by atoms with Crippen molar-refractivity contribution in [2.75, 3.05) is 0 Å². The molecule has 342 valence electrons. The Hall–Kier alpha value is -3.60. The number of hydrogen-bond acceptors (Lipinski definition) is 4. The summed E-state index contributed by atoms with van der Waals surface area (Å²) in [4.78, 5) is 35.6. The van der Waals surface area contributed by atoms with Crippen LogP contribution in [0.5, 0.6) is 0 Å². The van der Waals surface area contributed by atoms with Crippen LogP contribution in [-0.4, -0.2) is 0 Å². The Morgan fingerprint density at radius 2 is 0.891 bits per heavy atom. The molecule has 0 saturated carbocycles. The molecule has 0 saturated heterocycles. The molecule has 2 heterocycles. The highest BCUT2D eigenvalue weighted by molar-refractivity contribution is 7.23. The molecular formula is C60H78O2S2. The Kier molecular flexibility index (Phi) is 17.2. The fraction of sp³-hybridized carbons (Fsp3) is 0.533. The summed E-state index contributed by atoms with van der Waals surface area (Å²) in [7, 11) is 0. The van der Waals surface area contributed by atoms with Crippen LogP contribution in [0.4, 0.5) is 0 Å². The Morgan fingerprint density at radius 3 is 1.38 bits per heavy atom. The van der Waals surface area contributed by atoms with Crippen LogP contribution in [0, 0.1) is 0 Å². The van der Waals surface area contributed by atoms with E-state index in [1.165, 1.54) is 128 Å². The maximum atomic E-state index is 15.3. The average molecular weight is 895 g/mol. The van der Waals surface area contributed by atoms with Crippen molar-refractivity contribution in [1.29, 1.82) is 0 Å². The summed E-state index contributed by atoms with van der Waals surface area (Å²) in [5, 5.41) is 7.70. The zero-order chi connectivity index (χ0) is 45.2. The largest absolute Gasteiger partial charge is 0.289 e. The number of unbranched alkanes of at least 4 members (excludes halogenated alkanes) is 18. The second-order valence-corrected chi connectivity index (χ2v) is 22.5. The zero-order valence-corrected chi connectivity index (χ0v) is 42.4. The molecule has 0 aliphatic heterocycles. The molecule has 0 spiro atoms. The van der Waals surface area contributed by atoms with E-state index in [1.54, 1.807) is 0 Å². The zero-order valence-electron chi connectivity index (χ0n) is 40.7. The van der Waals surface area contributed by atoms with Gasteiger partial charge in [0.2, 0.25) is 0 Å². The maximum Gasteiger partial charge on any atom is 0.194 e. The van der Waals surface area contributed by atoms with Gasteiger partial charge in [-0.05, 0) is 124 Å². The molecule has 2 aromatic heterocycles. The molecule has 0 aliphatic carbocycles. The van der Waals surface area contributed by atoms with Gasteiger partial charge < -0.3 is 0 Å². The molecule has 0 amide bonds. The van der Waals surface area contributed by atoms with E-state index < -0.39 is 0 Å². The van der Waals surface area contributed by atoms with Gasteiger partial charge in [-0.2, -0.15) is 0 Å². The van der Waals surface area contributed by atoms with Gasteiger partial charge in [0.05, 0.1) is 0 Å². The lowest BCUT2D eigenvalue weighted by molar-refractivity contribution is 0.507. The Balaban J connectivity index is 1.30. The van der Waals surface area contributed by atoms with Crippen molar-refractivity contribution in [3.05, 3.63) is 103 Å². The van der Waals surface area contributed by atoms with E-state index in [9.17, 15) is 0 Å². The first kappa shape index (κ1) is 48.3. The van der Waals surface area contributed by atoms with Crippen molar-refractivity contribution in [2.45, 2.75) is 207 Å². The molecule has 4 heteroatoms. The summed E-state index contributed by atoms with van der Waals surface area (Å²) in [6.45, 7) is 15.9. The number of rotatable bonds is 27. The Morgan fingerprint density at radius 1 is 0.453 bits per heavy atom. The minimum Gasteiger partial charge on any atom is -0.289 e. The van der Waals surface area contributed by atoms with Gasteiger partial charge in [0.1, 0.15) is 0 Å². The third-order valence-corrected chi connectivity index (χ3v) is 17.5. The van der Waals surface area contributed by atoms with E-state index in [-0.39, 0.29) is 16.3 Å². The first-order valence-electron chi connectivity index (χ1n) is 25.9. The van der Waals surface area contributed by atoms with Gasteiger partial charge in [-0.3, -0.25) is 9.59 Å². The third kappa shape index (κ3) is 10.8. The second kappa shape index (κ2) is 22.7. The molecule has 0 radical (unpaired) electrons. The lowest BCUT2D eigenvalue weighted by Crippen LogP contribution is -2.15. The molecule has 64 heavy (non-hydrogen) atoms. The number of benzene rings is 3. The number of hydrogen-bond donors (Lipinski definition) is 0. The van der Waals surface area contributed by atoms with Crippen molar-refractivity contribution >= 4 is 65.8 Å². The normalized spacial score (nSPS) is 12.4. The van der Waals surface area contributed by atoms with Crippen LogP contribution in [0.15, 0.2) is 70.3 Å². The Labute approximate surface area is 394 Å². The molecular weight excluding hydrogens is 817 g/mol. The lowest BCUT2D eigenvalue weighted by Gasteiger charge is -2.23. The first-order chi connectivity index (χ1) is 31.1. The summed E-state index contributed by atoms with van der Waals surface area (Å²) in [5.41, 5.74) is 4.88. The molecule has 0 unspecified atom stereocenters. The van der Waals surface area contributed by atoms with Crippen molar-refractivity contribution in [3.8, 4) is 20.2 Å². The van der Waals surface area contributed by atoms with E-state index in [1.807, 2.05) is 22.7 Å². The minimum absolute atomic E-state index is 0.0275. The molecule has 7 rings (SSSR count). The topological polar surface area (TPSA) is 34.1 Å². The van der Waals surface area contributed by atoms with Gasteiger partial charge in [0.25, 0.3) is 0 Å². The van der Waals surface area contributed by atoms with Crippen molar-refractivity contribution in [2.24, 2.45) is 0 Å². The van der Waals surface area contributed by atoms with E-state index in [0.29, 0.717) is 5.92 Å². The van der Waals surface area contributed by atoms with Gasteiger partial charge in [-0.15, -0.1) is 22.7 Å². The van der Waals surface area contributed by atoms with Gasteiger partial charge in [-0.1, -0.05) is 188 Å². The minimum atomic E-state index is -0.0275. The van der Waals surface area contributed by atoms with Crippen molar-refractivity contribution < 1.29 is 0 Å². The van der Waals surface area contributed by atoms with Crippen LogP contribution >= 0.6 is 22.7 Å². The van der Waals surface area contributed by atoms with E-state index >= 15 is 9.59 Å². The highest BCUT2D eigenvalue weighted by Gasteiger charge is 2.27. The molecule has 2 nitrogen and oxygen atoms in total. The van der Waals surface area contributed by atoms with Crippen LogP contribution in [0.2, 0.25) is 0 Å². The molecule has 0 atom stereocenters. The summed E-state index contributed by atoms with van der Waals surface area (Å²) in [6.07, 6.45) is 28.1. The molecule has 0 fully saturated rings. The van der Waals surface area contributed by atoms with Gasteiger partial charge in [0, 0.05) is 41.1 Å². The van der Waals surface area contributed by atoms with Crippen LogP contribution in [0.1, 0.15) is 211 Å². The van der Waals surface area contributed by atoms with Crippen LogP contribution in [0.25, 0.3) is 63.3 Å². The second-order valence-electron chi connectivity index (χ2n) is 20.3. The monoisotopic (exact) mass is 895 g/mol. The first-order valence-corrected chi connectivity index (χ1v) is 27.5. The van der Waals surface area contributed by atoms with Crippen molar-refractivity contribution in [1.82, 2.24) is 0 Å². The highest BCUT2D eigenvalue weighted by atomic mass is 32.1. The summed E-state index contributed by atoms with van der Waals surface area (Å²) >= 11 is 3.70. The van der Waals surface area contributed by atoms with Crippen LogP contribution < -0.4 is 10.9 Å². The van der Waals surface area contributed by atoms with Crippen LogP contribution in [-0.2, 0) is 18.3 Å². The van der Waals surface area contributed by atoms with Gasteiger partial charge in [0.15, 0.2) is 10.9 Å². The highest BCUT2D eigenvalue weighted by Crippen LogP contribution is 2.44. The predicted octanol–water partition coefficient (Wildman–Crippen LogP) is 19.1. The summed E-state index contributed by atoms with van der Waals surface area (Å²) < 4.78 is 0. The standard InChI is InChI=1S/C60H78O2S2/c1-8-11-13-15-17-19-21-23-25-27-29-46-54-44-33-31-42(51-36-38-53(64-51)52-37-35-50(63-52)41(4)5)39-48(44)58(61)56(54)47(30-28-26-24-22-20-18-16-14-12-9-2)55-45-34-32-43(60(6,7)10-3)40-49(45)59(62)57(46)55/h31-41H,8-30H2,1-7H3. The van der Waals surface area contributed by atoms with Gasteiger partial charge in [-0.25, -0.2) is 0 Å². The van der Waals surface area contributed by atoms with Gasteiger partial charge >= 0.3 is 0 Å². The third-order valence-electron chi connectivity index (χ3n) is 14.8. The number of thiophene rings is 2. The summed E-state index contributed by atoms with van der Waals surface area (Å²) in [6, 6.07) is 22.3. The fourth-order valence-corrected chi connectivity index (χ4v) is 12.5. The fourth-order valence-electron chi connectivity index (χ4n) is 10.4. The predicted molar refractivity (Wildman–Crippen MR) is 287 cm³/mol. The lowest BCUT2D eigenvalue weighted by atomic mass is 9.81.